The van der Waals surface area contributed by atoms with Crippen molar-refractivity contribution in [3.05, 3.63) is 146 Å². The second kappa shape index (κ2) is 8.84. The molecule has 0 unspecified atom stereocenters. The highest BCUT2D eigenvalue weighted by molar-refractivity contribution is 6.18. The Morgan fingerprint density at radius 2 is 0.441 bits per heavy atom. The van der Waals surface area contributed by atoms with E-state index in [2.05, 4.69) is 146 Å². The number of rotatable bonds is 4. The van der Waals surface area contributed by atoms with Crippen LogP contribution >= 0.6 is 0 Å². The molecule has 6 aromatic carbocycles. The van der Waals surface area contributed by atoms with Crippen LogP contribution in [-0.2, 0) is 0 Å². The first-order valence-corrected chi connectivity index (χ1v) is 11.7. The zero-order valence-corrected chi connectivity index (χ0v) is 18.9. The third kappa shape index (κ3) is 3.50. The summed E-state index contributed by atoms with van der Waals surface area (Å²) < 4.78 is 0. The van der Waals surface area contributed by atoms with Crippen molar-refractivity contribution in [3.8, 4) is 44.5 Å². The molecule has 0 heteroatoms. The normalized spacial score (nSPS) is 10.9. The highest BCUT2D eigenvalue weighted by Gasteiger charge is 2.23. The molecule has 6 rings (SSSR count). The molecule has 0 nitrogen and oxygen atoms in total. The van der Waals surface area contributed by atoms with Crippen LogP contribution in [0.15, 0.2) is 146 Å². The first kappa shape index (κ1) is 20.2. The van der Waals surface area contributed by atoms with E-state index in [0.717, 1.165) is 0 Å². The maximum absolute atomic E-state index is 2.27. The van der Waals surface area contributed by atoms with Gasteiger partial charge >= 0.3 is 0 Å². The Morgan fingerprint density at radius 1 is 0.206 bits per heavy atom. The van der Waals surface area contributed by atoms with Crippen LogP contribution in [0.2, 0.25) is 0 Å². The van der Waals surface area contributed by atoms with Gasteiger partial charge in [0.1, 0.15) is 0 Å². The molecule has 0 N–H and O–H groups in total. The van der Waals surface area contributed by atoms with E-state index in [-0.39, 0.29) is 0 Å². The van der Waals surface area contributed by atoms with Crippen LogP contribution in [0.4, 0.5) is 0 Å². The first-order chi connectivity index (χ1) is 16.9. The van der Waals surface area contributed by atoms with E-state index < -0.39 is 0 Å². The summed E-state index contributed by atoms with van der Waals surface area (Å²) in [6, 6.07) is 52.1. The molecule has 0 aliphatic heterocycles. The summed E-state index contributed by atoms with van der Waals surface area (Å²) in [6.07, 6.45) is 0. The zero-order valence-electron chi connectivity index (χ0n) is 18.9. The molecule has 0 heterocycles. The van der Waals surface area contributed by atoms with Crippen molar-refractivity contribution >= 4 is 10.8 Å². The lowest BCUT2D eigenvalue weighted by atomic mass is 9.79. The SMILES string of the molecule is c1ccc(-c2c(-c3ccccc3)c(-c3ccccc3)c3ccccc3c2-c2ccccc2)cc1. The minimum Gasteiger partial charge on any atom is -0.0622 e. The van der Waals surface area contributed by atoms with E-state index in [9.17, 15) is 0 Å². The van der Waals surface area contributed by atoms with Gasteiger partial charge in [0.25, 0.3) is 0 Å². The summed E-state index contributed by atoms with van der Waals surface area (Å²) in [4.78, 5) is 0. The Balaban J connectivity index is 1.90. The number of hydrogen-bond donors (Lipinski definition) is 0. The molecule has 0 aliphatic carbocycles. The lowest BCUT2D eigenvalue weighted by molar-refractivity contribution is 1.57. The number of fused-ring (bicyclic) bond motifs is 1. The Hall–Kier alpha value is -4.42. The molecule has 0 aliphatic rings. The lowest BCUT2D eigenvalue weighted by Crippen LogP contribution is -1.97. The standard InChI is InChI=1S/C34H24/c1-5-15-25(16-6-1)31-29-23-13-14-24-30(29)32(26-17-7-2-8-18-26)34(28-21-11-4-12-22-28)33(31)27-19-9-3-10-20-27/h1-24H. The molecule has 0 radical (unpaired) electrons. The van der Waals surface area contributed by atoms with E-state index >= 15 is 0 Å². The van der Waals surface area contributed by atoms with Gasteiger partial charge in [-0.3, -0.25) is 0 Å². The summed E-state index contributed by atoms with van der Waals surface area (Å²) in [6.45, 7) is 0. The predicted octanol–water partition coefficient (Wildman–Crippen LogP) is 9.51. The molecule has 6 aromatic rings. The molecule has 0 saturated heterocycles. The summed E-state index contributed by atoms with van der Waals surface area (Å²) >= 11 is 0. The van der Waals surface area contributed by atoms with Crippen molar-refractivity contribution in [2.75, 3.05) is 0 Å². The maximum atomic E-state index is 2.27. The Kier molecular flexibility index (Phi) is 5.26. The fourth-order valence-electron chi connectivity index (χ4n) is 5.03. The van der Waals surface area contributed by atoms with Crippen LogP contribution in [0.5, 0.6) is 0 Å². The summed E-state index contributed by atoms with van der Waals surface area (Å²) in [5, 5.41) is 2.54. The molecule has 0 saturated carbocycles. The second-order valence-electron chi connectivity index (χ2n) is 8.51. The van der Waals surface area contributed by atoms with Gasteiger partial charge in [0.2, 0.25) is 0 Å². The second-order valence-corrected chi connectivity index (χ2v) is 8.51. The molecule has 0 atom stereocenters. The minimum atomic E-state index is 1.23. The van der Waals surface area contributed by atoms with Crippen molar-refractivity contribution in [3.63, 3.8) is 0 Å². The molecule has 0 amide bonds. The summed E-state index contributed by atoms with van der Waals surface area (Å²) in [5.74, 6) is 0. The maximum Gasteiger partial charge on any atom is -0.00141 e. The van der Waals surface area contributed by atoms with Crippen molar-refractivity contribution in [2.24, 2.45) is 0 Å². The van der Waals surface area contributed by atoms with Crippen LogP contribution in [0.3, 0.4) is 0 Å². The van der Waals surface area contributed by atoms with Crippen molar-refractivity contribution in [1.82, 2.24) is 0 Å². The quantitative estimate of drug-likeness (QED) is 0.260. The minimum absolute atomic E-state index is 1.23. The van der Waals surface area contributed by atoms with E-state index in [1.807, 2.05) is 0 Å². The lowest BCUT2D eigenvalue weighted by Gasteiger charge is -2.24. The molecule has 0 bridgehead atoms. The fraction of sp³-hybridized carbons (Fsp3) is 0. The fourth-order valence-corrected chi connectivity index (χ4v) is 5.03. The molecule has 0 aromatic heterocycles. The smallest absolute Gasteiger partial charge is 0.00141 e. The number of hydrogen-bond acceptors (Lipinski definition) is 0. The first-order valence-electron chi connectivity index (χ1n) is 11.7. The van der Waals surface area contributed by atoms with Gasteiger partial charge in [0.05, 0.1) is 0 Å². The van der Waals surface area contributed by atoms with Crippen LogP contribution in [0.1, 0.15) is 0 Å². The molecular weight excluding hydrogens is 408 g/mol. The van der Waals surface area contributed by atoms with Gasteiger partial charge in [0, 0.05) is 0 Å². The Labute approximate surface area is 200 Å². The predicted molar refractivity (Wildman–Crippen MR) is 146 cm³/mol. The van der Waals surface area contributed by atoms with E-state index in [1.54, 1.807) is 0 Å². The van der Waals surface area contributed by atoms with Crippen LogP contribution in [0, 0.1) is 0 Å². The topological polar surface area (TPSA) is 0 Å². The van der Waals surface area contributed by atoms with Gasteiger partial charge in [-0.25, -0.2) is 0 Å². The molecular formula is C34H24. The van der Waals surface area contributed by atoms with E-state index in [1.165, 1.54) is 55.3 Å². The van der Waals surface area contributed by atoms with Crippen LogP contribution < -0.4 is 0 Å². The summed E-state index contributed by atoms with van der Waals surface area (Å²) in [7, 11) is 0. The highest BCUT2D eigenvalue weighted by atomic mass is 14.3. The van der Waals surface area contributed by atoms with E-state index in [0.29, 0.717) is 0 Å². The highest BCUT2D eigenvalue weighted by Crippen LogP contribution is 2.50. The van der Waals surface area contributed by atoms with Gasteiger partial charge in [0.15, 0.2) is 0 Å². The van der Waals surface area contributed by atoms with Gasteiger partial charge in [-0.05, 0) is 55.3 Å². The largest absolute Gasteiger partial charge is 0.0622 e. The van der Waals surface area contributed by atoms with Crippen LogP contribution in [-0.4, -0.2) is 0 Å². The molecule has 34 heavy (non-hydrogen) atoms. The Bertz CT molecular complexity index is 1430. The third-order valence-electron chi connectivity index (χ3n) is 6.47. The van der Waals surface area contributed by atoms with Gasteiger partial charge in [-0.1, -0.05) is 146 Å². The zero-order chi connectivity index (χ0) is 22.7. The van der Waals surface area contributed by atoms with E-state index in [4.69, 9.17) is 0 Å². The Morgan fingerprint density at radius 3 is 0.735 bits per heavy atom. The van der Waals surface area contributed by atoms with Crippen molar-refractivity contribution in [2.45, 2.75) is 0 Å². The monoisotopic (exact) mass is 432 g/mol. The van der Waals surface area contributed by atoms with Gasteiger partial charge in [-0.2, -0.15) is 0 Å². The molecule has 160 valence electrons. The average molecular weight is 433 g/mol. The third-order valence-corrected chi connectivity index (χ3v) is 6.47. The number of benzene rings is 6. The van der Waals surface area contributed by atoms with Crippen LogP contribution in [0.25, 0.3) is 55.3 Å². The molecule has 0 spiro atoms. The van der Waals surface area contributed by atoms with Crippen molar-refractivity contribution < 1.29 is 0 Å². The molecule has 0 fully saturated rings. The van der Waals surface area contributed by atoms with Gasteiger partial charge < -0.3 is 0 Å². The van der Waals surface area contributed by atoms with Crippen molar-refractivity contribution in [1.29, 1.82) is 0 Å². The van der Waals surface area contributed by atoms with Gasteiger partial charge in [-0.15, -0.1) is 0 Å². The summed E-state index contributed by atoms with van der Waals surface area (Å²) in [5.41, 5.74) is 10.0. The average Bonchev–Trinajstić information content (AvgIpc) is 2.93.